The third kappa shape index (κ3) is 4.55. The highest BCUT2D eigenvalue weighted by atomic mass is 19.1. The maximum absolute atomic E-state index is 14.5. The molecule has 1 aliphatic carbocycles. The van der Waals surface area contributed by atoms with Crippen molar-refractivity contribution in [3.05, 3.63) is 64.5 Å². The van der Waals surface area contributed by atoms with E-state index < -0.39 is 11.8 Å². The number of alkyl halides is 1. The fraction of sp³-hybridized carbons (Fsp3) is 0.531. The number of fused-ring (bicyclic) bond motifs is 4. The average molecular weight is 574 g/mol. The van der Waals surface area contributed by atoms with E-state index in [9.17, 15) is 4.39 Å². The molecule has 10 heteroatoms. The SMILES string of the molecule is C[C@H](c1cccnc1N)N(C)c1nc(OC[C@@]23CCCN2C[C@H](F)C3)nc2c1CO[C@@]1(CCCc3ccc(N)cc31)C2. The zero-order valence-corrected chi connectivity index (χ0v) is 24.5. The van der Waals surface area contributed by atoms with Gasteiger partial charge in [-0.2, -0.15) is 9.97 Å². The fourth-order valence-electron chi connectivity index (χ4n) is 7.77. The Balaban J connectivity index is 1.27. The number of benzene rings is 1. The monoisotopic (exact) mass is 573 g/mol. The number of halogens is 1. The summed E-state index contributed by atoms with van der Waals surface area (Å²) in [4.78, 5) is 18.6. The normalized spacial score (nSPS) is 27.4. The molecule has 4 atom stereocenters. The Hall–Kier alpha value is -3.50. The third-order valence-electron chi connectivity index (χ3n) is 10.1. The van der Waals surface area contributed by atoms with E-state index in [1.807, 2.05) is 25.2 Å². The Morgan fingerprint density at radius 1 is 1.21 bits per heavy atom. The van der Waals surface area contributed by atoms with Crippen LogP contribution < -0.4 is 21.1 Å². The first-order valence-corrected chi connectivity index (χ1v) is 15.1. The molecular formula is C32H40FN7O2. The van der Waals surface area contributed by atoms with Gasteiger partial charge in [-0.1, -0.05) is 12.1 Å². The third-order valence-corrected chi connectivity index (χ3v) is 10.1. The molecule has 5 heterocycles. The van der Waals surface area contributed by atoms with E-state index in [4.69, 9.17) is 30.9 Å². The molecule has 0 unspecified atom stereocenters. The van der Waals surface area contributed by atoms with Crippen LogP contribution in [0.2, 0.25) is 0 Å². The van der Waals surface area contributed by atoms with Gasteiger partial charge in [0.05, 0.1) is 29.5 Å². The van der Waals surface area contributed by atoms with E-state index in [-0.39, 0.29) is 11.6 Å². The summed E-state index contributed by atoms with van der Waals surface area (Å²) < 4.78 is 27.7. The number of aromatic nitrogens is 3. The van der Waals surface area contributed by atoms with Crippen LogP contribution in [-0.4, -0.2) is 58.3 Å². The molecule has 1 spiro atoms. The molecule has 4 aliphatic rings. The van der Waals surface area contributed by atoms with Gasteiger partial charge in [0, 0.05) is 49.4 Å². The second-order valence-corrected chi connectivity index (χ2v) is 12.6. The molecule has 9 nitrogen and oxygen atoms in total. The van der Waals surface area contributed by atoms with Gasteiger partial charge in [0.25, 0.3) is 0 Å². The number of rotatable bonds is 6. The first kappa shape index (κ1) is 27.3. The molecule has 2 aromatic heterocycles. The molecule has 1 aromatic carbocycles. The van der Waals surface area contributed by atoms with Crippen molar-refractivity contribution in [2.75, 3.05) is 43.1 Å². The Kier molecular flexibility index (Phi) is 6.73. The van der Waals surface area contributed by atoms with E-state index in [1.165, 1.54) is 5.56 Å². The first-order valence-electron chi connectivity index (χ1n) is 15.1. The summed E-state index contributed by atoms with van der Waals surface area (Å²) >= 11 is 0. The largest absolute Gasteiger partial charge is 0.461 e. The summed E-state index contributed by atoms with van der Waals surface area (Å²) in [6, 6.07) is 10.3. The number of nitrogens with zero attached hydrogens (tertiary/aromatic N) is 5. The van der Waals surface area contributed by atoms with Crippen molar-refractivity contribution in [3.63, 3.8) is 0 Å². The van der Waals surface area contributed by atoms with Gasteiger partial charge >= 0.3 is 6.01 Å². The predicted molar refractivity (Wildman–Crippen MR) is 160 cm³/mol. The van der Waals surface area contributed by atoms with Gasteiger partial charge < -0.3 is 25.8 Å². The lowest BCUT2D eigenvalue weighted by atomic mass is 9.74. The van der Waals surface area contributed by atoms with Crippen molar-refractivity contribution in [3.8, 4) is 6.01 Å². The fourth-order valence-corrected chi connectivity index (χ4v) is 7.77. The number of nitrogens with two attached hydrogens (primary N) is 2. The van der Waals surface area contributed by atoms with E-state index >= 15 is 0 Å². The molecule has 2 saturated heterocycles. The predicted octanol–water partition coefficient (Wildman–Crippen LogP) is 4.49. The lowest BCUT2D eigenvalue weighted by Gasteiger charge is -2.43. The lowest BCUT2D eigenvalue weighted by molar-refractivity contribution is -0.0855. The highest BCUT2D eigenvalue weighted by Crippen LogP contribution is 2.47. The van der Waals surface area contributed by atoms with Crippen molar-refractivity contribution in [2.45, 2.75) is 81.8 Å². The van der Waals surface area contributed by atoms with E-state index in [0.717, 1.165) is 72.5 Å². The van der Waals surface area contributed by atoms with Crippen LogP contribution in [0.3, 0.4) is 0 Å². The van der Waals surface area contributed by atoms with Crippen molar-refractivity contribution in [1.82, 2.24) is 19.9 Å². The van der Waals surface area contributed by atoms with Crippen LogP contribution >= 0.6 is 0 Å². The number of pyridine rings is 1. The second kappa shape index (κ2) is 10.3. The molecule has 0 radical (unpaired) electrons. The Morgan fingerprint density at radius 3 is 2.95 bits per heavy atom. The number of aryl methyl sites for hydroxylation is 1. The van der Waals surface area contributed by atoms with Gasteiger partial charge in [-0.05, 0) is 74.9 Å². The van der Waals surface area contributed by atoms with Crippen molar-refractivity contribution in [1.29, 1.82) is 0 Å². The van der Waals surface area contributed by atoms with Gasteiger partial charge in [0.1, 0.15) is 24.4 Å². The maximum Gasteiger partial charge on any atom is 0.318 e. The molecule has 4 N–H and O–H groups in total. The molecule has 0 bridgehead atoms. The Labute approximate surface area is 246 Å². The smallest absolute Gasteiger partial charge is 0.318 e. The molecule has 3 aromatic rings. The van der Waals surface area contributed by atoms with Gasteiger partial charge in [0.2, 0.25) is 0 Å². The van der Waals surface area contributed by atoms with Crippen LogP contribution in [0.15, 0.2) is 36.5 Å². The highest BCUT2D eigenvalue weighted by molar-refractivity contribution is 5.56. The summed E-state index contributed by atoms with van der Waals surface area (Å²) in [6.07, 6.45) is 6.91. The number of hydrogen-bond donors (Lipinski definition) is 2. The van der Waals surface area contributed by atoms with Gasteiger partial charge in [-0.3, -0.25) is 4.90 Å². The van der Waals surface area contributed by atoms with Crippen LogP contribution in [0.25, 0.3) is 0 Å². The van der Waals surface area contributed by atoms with Crippen molar-refractivity contribution >= 4 is 17.3 Å². The van der Waals surface area contributed by atoms with E-state index in [1.54, 1.807) is 6.20 Å². The Morgan fingerprint density at radius 2 is 2.10 bits per heavy atom. The van der Waals surface area contributed by atoms with Crippen LogP contribution in [0.5, 0.6) is 6.01 Å². The first-order chi connectivity index (χ1) is 20.3. The van der Waals surface area contributed by atoms with Gasteiger partial charge in [-0.25, -0.2) is 9.37 Å². The summed E-state index contributed by atoms with van der Waals surface area (Å²) in [5, 5.41) is 0. The summed E-state index contributed by atoms with van der Waals surface area (Å²) in [7, 11) is 2.01. The molecule has 42 heavy (non-hydrogen) atoms. The molecule has 2 fully saturated rings. The zero-order chi connectivity index (χ0) is 29.1. The second-order valence-electron chi connectivity index (χ2n) is 12.6. The number of anilines is 3. The summed E-state index contributed by atoms with van der Waals surface area (Å²) in [5.74, 6) is 1.24. The molecular weight excluding hydrogens is 533 g/mol. The number of nitrogen functional groups attached to an aromatic ring is 2. The molecule has 0 saturated carbocycles. The van der Waals surface area contributed by atoms with Crippen LogP contribution in [0, 0.1) is 0 Å². The molecule has 0 amide bonds. The number of hydrogen-bond acceptors (Lipinski definition) is 9. The van der Waals surface area contributed by atoms with Crippen LogP contribution in [0.4, 0.5) is 21.7 Å². The minimum atomic E-state index is -0.818. The van der Waals surface area contributed by atoms with Crippen LogP contribution in [-0.2, 0) is 29.8 Å². The summed E-state index contributed by atoms with van der Waals surface area (Å²) in [6.45, 7) is 4.23. The van der Waals surface area contributed by atoms with Gasteiger partial charge in [-0.15, -0.1) is 0 Å². The minimum absolute atomic E-state index is 0.109. The minimum Gasteiger partial charge on any atom is -0.461 e. The van der Waals surface area contributed by atoms with E-state index in [0.29, 0.717) is 44.4 Å². The topological polar surface area (TPSA) is 116 Å². The quantitative estimate of drug-likeness (QED) is 0.412. The zero-order valence-electron chi connectivity index (χ0n) is 24.5. The standard InChI is InChI=1S/C32H40FN7O2/c1-20(24-7-4-12-36-28(24)35)39(2)29-25-18-42-32(11-3-6-21-8-9-23(34)14-26(21)32)16-27(25)37-30(38-29)41-19-31-10-5-13-40(31)17-22(33)15-31/h4,7-9,12,14,20,22H,3,5-6,10-11,13,15-19,34H2,1-2H3,(H2,35,36)/t20-,22-,31+,32+/m1/s1. The number of ether oxygens (including phenoxy) is 2. The highest BCUT2D eigenvalue weighted by Gasteiger charge is 2.49. The summed E-state index contributed by atoms with van der Waals surface area (Å²) in [5.41, 5.74) is 17.7. The van der Waals surface area contributed by atoms with Crippen LogP contribution in [0.1, 0.15) is 73.0 Å². The lowest BCUT2D eigenvalue weighted by Crippen LogP contribution is -2.44. The maximum atomic E-state index is 14.5. The Bertz CT molecular complexity index is 1500. The molecule has 222 valence electrons. The van der Waals surface area contributed by atoms with Crippen molar-refractivity contribution < 1.29 is 13.9 Å². The van der Waals surface area contributed by atoms with Crippen molar-refractivity contribution in [2.24, 2.45) is 0 Å². The van der Waals surface area contributed by atoms with Gasteiger partial charge in [0.15, 0.2) is 0 Å². The van der Waals surface area contributed by atoms with E-state index in [2.05, 4.69) is 33.8 Å². The average Bonchev–Trinajstić information content (AvgIpc) is 3.51. The molecule has 7 rings (SSSR count). The molecule has 3 aliphatic heterocycles.